The van der Waals surface area contributed by atoms with Crippen LogP contribution in [0.25, 0.3) is 11.2 Å². The Morgan fingerprint density at radius 2 is 2.06 bits per heavy atom. The van der Waals surface area contributed by atoms with Gasteiger partial charge in [0.05, 0.1) is 6.33 Å². The van der Waals surface area contributed by atoms with Crippen LogP contribution in [-0.4, -0.2) is 24.5 Å². The maximum absolute atomic E-state index is 11.8. The van der Waals surface area contributed by atoms with Crippen molar-refractivity contribution in [1.82, 2.24) is 18.7 Å². The van der Waals surface area contributed by atoms with E-state index in [2.05, 4.69) is 4.98 Å². The van der Waals surface area contributed by atoms with Crippen LogP contribution < -0.4 is 5.69 Å². The van der Waals surface area contributed by atoms with Crippen molar-refractivity contribution >= 4 is 29.2 Å². The predicted molar refractivity (Wildman–Crippen MR) is 70.1 cm³/mol. The first kappa shape index (κ1) is 12.7. The highest BCUT2D eigenvalue weighted by atomic mass is 32.1. The standard InChI is InChI=1S/C11H14N4O2S/c1-7(16)4-5-15-6-12-9-8(15)10(18)14(3)11(17)13(9)2/h6H,4-5H2,1-3H3. The van der Waals surface area contributed by atoms with Gasteiger partial charge < -0.3 is 4.57 Å². The van der Waals surface area contributed by atoms with E-state index < -0.39 is 0 Å². The van der Waals surface area contributed by atoms with Crippen molar-refractivity contribution in [1.29, 1.82) is 0 Å². The number of carbonyl (C=O) groups is 1. The highest BCUT2D eigenvalue weighted by molar-refractivity contribution is 7.71. The predicted octanol–water partition coefficient (Wildman–Crippen LogP) is 0.782. The molecule has 0 radical (unpaired) electrons. The number of ketones is 1. The number of rotatable bonds is 3. The van der Waals surface area contributed by atoms with E-state index in [0.717, 1.165) is 5.52 Å². The molecule has 0 aliphatic rings. The molecule has 2 rings (SSSR count). The third kappa shape index (κ3) is 1.90. The zero-order chi connectivity index (χ0) is 13.4. The molecule has 2 aromatic heterocycles. The third-order valence-electron chi connectivity index (χ3n) is 2.92. The first-order chi connectivity index (χ1) is 8.43. The van der Waals surface area contributed by atoms with Crippen molar-refractivity contribution in [3.05, 3.63) is 21.5 Å². The van der Waals surface area contributed by atoms with E-state index in [-0.39, 0.29) is 11.5 Å². The fraction of sp³-hybridized carbons (Fsp3) is 0.455. The van der Waals surface area contributed by atoms with Gasteiger partial charge >= 0.3 is 5.69 Å². The monoisotopic (exact) mass is 266 g/mol. The second-order valence-electron chi connectivity index (χ2n) is 4.27. The molecule has 0 N–H and O–H groups in total. The molecule has 0 fully saturated rings. The summed E-state index contributed by atoms with van der Waals surface area (Å²) in [5.74, 6) is 0.108. The van der Waals surface area contributed by atoms with E-state index in [1.807, 2.05) is 4.57 Å². The first-order valence-corrected chi connectivity index (χ1v) is 5.94. The normalized spacial score (nSPS) is 11.1. The number of hydrogen-bond acceptors (Lipinski definition) is 4. The Hall–Kier alpha value is -1.76. The van der Waals surface area contributed by atoms with Gasteiger partial charge in [0.2, 0.25) is 0 Å². The van der Waals surface area contributed by atoms with E-state index in [1.165, 1.54) is 9.13 Å². The summed E-state index contributed by atoms with van der Waals surface area (Å²) in [7, 11) is 3.29. The Balaban J connectivity index is 2.70. The number of aromatic nitrogens is 4. The van der Waals surface area contributed by atoms with Crippen LogP contribution in [0.2, 0.25) is 0 Å². The van der Waals surface area contributed by atoms with E-state index in [1.54, 1.807) is 27.3 Å². The molecule has 0 unspecified atom stereocenters. The average molecular weight is 266 g/mol. The summed E-state index contributed by atoms with van der Waals surface area (Å²) >= 11 is 5.27. The molecule has 0 amide bonds. The Morgan fingerprint density at radius 3 is 2.67 bits per heavy atom. The highest BCUT2D eigenvalue weighted by Crippen LogP contribution is 2.12. The smallest absolute Gasteiger partial charge is 0.326 e. The van der Waals surface area contributed by atoms with Crippen LogP contribution in [0.1, 0.15) is 13.3 Å². The van der Waals surface area contributed by atoms with Gasteiger partial charge in [-0.25, -0.2) is 9.78 Å². The SMILES string of the molecule is CC(=O)CCn1cnc2c1c(=S)n(C)c(=O)n2C. The van der Waals surface area contributed by atoms with Crippen molar-refractivity contribution in [3.63, 3.8) is 0 Å². The highest BCUT2D eigenvalue weighted by Gasteiger charge is 2.11. The molecule has 6 nitrogen and oxygen atoms in total. The maximum atomic E-state index is 11.8. The van der Waals surface area contributed by atoms with Crippen molar-refractivity contribution < 1.29 is 4.79 Å². The van der Waals surface area contributed by atoms with Crippen molar-refractivity contribution in [3.8, 4) is 0 Å². The lowest BCUT2D eigenvalue weighted by Crippen LogP contribution is -2.28. The fourth-order valence-electron chi connectivity index (χ4n) is 1.84. The van der Waals surface area contributed by atoms with Gasteiger partial charge in [0.15, 0.2) is 5.65 Å². The van der Waals surface area contributed by atoms with Crippen molar-refractivity contribution in [2.45, 2.75) is 19.9 Å². The molecule has 0 bridgehead atoms. The maximum Gasteiger partial charge on any atom is 0.330 e. The summed E-state index contributed by atoms with van der Waals surface area (Å²) < 4.78 is 5.12. The van der Waals surface area contributed by atoms with Gasteiger partial charge in [-0.05, 0) is 6.92 Å². The number of imidazole rings is 1. The number of nitrogens with zero attached hydrogens (tertiary/aromatic N) is 4. The number of carbonyl (C=O) groups excluding carboxylic acids is 1. The van der Waals surface area contributed by atoms with Crippen LogP contribution >= 0.6 is 12.2 Å². The van der Waals surface area contributed by atoms with Gasteiger partial charge in [-0.2, -0.15) is 0 Å². The van der Waals surface area contributed by atoms with E-state index >= 15 is 0 Å². The lowest BCUT2D eigenvalue weighted by atomic mass is 10.3. The summed E-state index contributed by atoms with van der Waals surface area (Å²) in [5.41, 5.74) is 1.06. The number of hydrogen-bond donors (Lipinski definition) is 0. The van der Waals surface area contributed by atoms with Gasteiger partial charge in [-0.1, -0.05) is 12.2 Å². The van der Waals surface area contributed by atoms with E-state index in [4.69, 9.17) is 12.2 Å². The minimum Gasteiger partial charge on any atom is -0.326 e. The number of Topliss-reactive ketones (excluding diaryl/α,β-unsaturated/α-hetero) is 1. The molecule has 7 heteroatoms. The van der Waals surface area contributed by atoms with Crippen LogP contribution in [0, 0.1) is 4.64 Å². The molecular formula is C11H14N4O2S. The minimum atomic E-state index is -0.204. The minimum absolute atomic E-state index is 0.108. The molecule has 2 aromatic rings. The molecule has 0 saturated carbocycles. The van der Waals surface area contributed by atoms with Crippen LogP contribution in [0.4, 0.5) is 0 Å². The second-order valence-corrected chi connectivity index (χ2v) is 4.65. The lowest BCUT2D eigenvalue weighted by molar-refractivity contribution is -0.117. The van der Waals surface area contributed by atoms with Gasteiger partial charge in [0, 0.05) is 27.1 Å². The largest absolute Gasteiger partial charge is 0.330 e. The van der Waals surface area contributed by atoms with Gasteiger partial charge in [-0.15, -0.1) is 0 Å². The van der Waals surface area contributed by atoms with Gasteiger partial charge in [-0.3, -0.25) is 13.9 Å². The Morgan fingerprint density at radius 1 is 1.39 bits per heavy atom. The summed E-state index contributed by atoms with van der Waals surface area (Å²) in [6.45, 7) is 2.07. The molecule has 18 heavy (non-hydrogen) atoms. The van der Waals surface area contributed by atoms with Gasteiger partial charge in [0.25, 0.3) is 0 Å². The van der Waals surface area contributed by atoms with Crippen LogP contribution in [0.15, 0.2) is 11.1 Å². The Kier molecular flexibility index (Phi) is 3.16. The summed E-state index contributed by atoms with van der Waals surface area (Å²) in [5, 5.41) is 0. The molecule has 0 aliphatic heterocycles. The second kappa shape index (κ2) is 4.49. The van der Waals surface area contributed by atoms with Crippen molar-refractivity contribution in [2.75, 3.05) is 0 Å². The van der Waals surface area contributed by atoms with Crippen LogP contribution in [-0.2, 0) is 25.4 Å². The topological polar surface area (TPSA) is 61.8 Å². The summed E-state index contributed by atoms with van der Waals surface area (Å²) in [6, 6.07) is 0. The molecular weight excluding hydrogens is 252 g/mol. The van der Waals surface area contributed by atoms with Crippen molar-refractivity contribution in [2.24, 2.45) is 14.1 Å². The average Bonchev–Trinajstić information content (AvgIpc) is 2.75. The summed E-state index contributed by atoms with van der Waals surface area (Å²) in [6.07, 6.45) is 2.04. The molecule has 2 heterocycles. The number of fused-ring (bicyclic) bond motifs is 1. The van der Waals surface area contributed by atoms with Gasteiger partial charge in [0.1, 0.15) is 15.9 Å². The fourth-order valence-corrected chi connectivity index (χ4v) is 2.13. The third-order valence-corrected chi connectivity index (χ3v) is 3.39. The Labute approximate surface area is 108 Å². The van der Waals surface area contributed by atoms with E-state index in [0.29, 0.717) is 23.3 Å². The van der Waals surface area contributed by atoms with Crippen LogP contribution in [0.5, 0.6) is 0 Å². The molecule has 0 aliphatic carbocycles. The Bertz CT molecular complexity index is 738. The molecule has 0 saturated heterocycles. The summed E-state index contributed by atoms with van der Waals surface area (Å²) in [4.78, 5) is 27.1. The van der Waals surface area contributed by atoms with E-state index in [9.17, 15) is 9.59 Å². The zero-order valence-corrected chi connectivity index (χ0v) is 11.3. The first-order valence-electron chi connectivity index (χ1n) is 5.53. The number of aryl methyl sites for hydroxylation is 2. The van der Waals surface area contributed by atoms with Crippen LogP contribution in [0.3, 0.4) is 0 Å². The molecule has 0 atom stereocenters. The molecule has 96 valence electrons. The quantitative estimate of drug-likeness (QED) is 0.770. The molecule has 0 spiro atoms. The molecule has 0 aromatic carbocycles. The lowest BCUT2D eigenvalue weighted by Gasteiger charge is -2.07. The zero-order valence-electron chi connectivity index (χ0n) is 10.5.